The van der Waals surface area contributed by atoms with Crippen LogP contribution in [-0.4, -0.2) is 69.5 Å². The van der Waals surface area contributed by atoms with Crippen molar-refractivity contribution in [1.82, 2.24) is 15.5 Å². The van der Waals surface area contributed by atoms with E-state index < -0.39 is 0 Å². The molecule has 0 saturated carbocycles. The highest BCUT2D eigenvalue weighted by atomic mass is 16.5. The lowest BCUT2D eigenvalue weighted by atomic mass is 9.97. The third kappa shape index (κ3) is 5.93. The maximum atomic E-state index is 5.68. The number of nitrogens with zero attached hydrogens (tertiary/aromatic N) is 2. The molecule has 0 bridgehead atoms. The number of benzene rings is 1. The molecular formula is C22H36N4O2. The zero-order chi connectivity index (χ0) is 19.8. The Morgan fingerprint density at radius 2 is 2.00 bits per heavy atom. The van der Waals surface area contributed by atoms with E-state index in [0.29, 0.717) is 18.5 Å². The smallest absolute Gasteiger partial charge is 0.191 e. The summed E-state index contributed by atoms with van der Waals surface area (Å²) in [6, 6.07) is 7.02. The van der Waals surface area contributed by atoms with Crippen molar-refractivity contribution in [3.63, 3.8) is 0 Å². The Labute approximate surface area is 169 Å². The lowest BCUT2D eigenvalue weighted by Crippen LogP contribution is -2.53. The number of nitrogens with one attached hydrogen (secondary N) is 2. The van der Waals surface area contributed by atoms with E-state index >= 15 is 0 Å². The zero-order valence-corrected chi connectivity index (χ0v) is 17.7. The lowest BCUT2D eigenvalue weighted by Gasteiger charge is -2.37. The molecule has 1 aromatic rings. The molecule has 0 amide bonds. The molecule has 156 valence electrons. The Morgan fingerprint density at radius 3 is 2.68 bits per heavy atom. The summed E-state index contributed by atoms with van der Waals surface area (Å²) < 4.78 is 11.2. The van der Waals surface area contributed by atoms with E-state index in [-0.39, 0.29) is 0 Å². The van der Waals surface area contributed by atoms with Gasteiger partial charge in [0.25, 0.3) is 0 Å². The van der Waals surface area contributed by atoms with Crippen LogP contribution < -0.4 is 10.6 Å². The number of rotatable bonds is 7. The minimum atomic E-state index is 0.455. The van der Waals surface area contributed by atoms with Gasteiger partial charge in [-0.1, -0.05) is 23.8 Å². The molecule has 6 heteroatoms. The number of aliphatic imine (C=N–C) groups is 1. The molecule has 0 spiro atoms. The van der Waals surface area contributed by atoms with Crippen LogP contribution in [-0.2, 0) is 16.0 Å². The number of guanidine groups is 1. The monoisotopic (exact) mass is 388 g/mol. The van der Waals surface area contributed by atoms with Crippen molar-refractivity contribution in [2.24, 2.45) is 10.9 Å². The first kappa shape index (κ1) is 21.1. The highest BCUT2D eigenvalue weighted by Gasteiger charge is 2.31. The van der Waals surface area contributed by atoms with Crippen LogP contribution >= 0.6 is 0 Å². The van der Waals surface area contributed by atoms with Crippen molar-refractivity contribution in [3.05, 3.63) is 34.9 Å². The number of ether oxygens (including phenoxy) is 2. The van der Waals surface area contributed by atoms with Crippen LogP contribution in [0, 0.1) is 19.8 Å². The van der Waals surface area contributed by atoms with Gasteiger partial charge in [0.2, 0.25) is 0 Å². The predicted octanol–water partition coefficient (Wildman–Crippen LogP) is 2.10. The van der Waals surface area contributed by atoms with Crippen LogP contribution in [0.25, 0.3) is 0 Å². The van der Waals surface area contributed by atoms with Gasteiger partial charge in [-0.3, -0.25) is 4.90 Å². The van der Waals surface area contributed by atoms with Gasteiger partial charge in [0.1, 0.15) is 0 Å². The van der Waals surface area contributed by atoms with Crippen LogP contribution in [0.4, 0.5) is 0 Å². The van der Waals surface area contributed by atoms with Gasteiger partial charge in [0.15, 0.2) is 5.96 Å². The van der Waals surface area contributed by atoms with Gasteiger partial charge < -0.3 is 20.1 Å². The number of hydrogen-bond donors (Lipinski definition) is 2. The summed E-state index contributed by atoms with van der Waals surface area (Å²) in [4.78, 5) is 7.40. The summed E-state index contributed by atoms with van der Waals surface area (Å²) >= 11 is 0. The van der Waals surface area contributed by atoms with Crippen LogP contribution in [0.15, 0.2) is 23.2 Å². The number of hydrogen-bond acceptors (Lipinski definition) is 4. The van der Waals surface area contributed by atoms with Gasteiger partial charge in [0.05, 0.1) is 26.4 Å². The summed E-state index contributed by atoms with van der Waals surface area (Å²) in [5, 5.41) is 6.99. The van der Waals surface area contributed by atoms with Crippen molar-refractivity contribution in [2.45, 2.75) is 39.8 Å². The fraction of sp³-hybridized carbons (Fsp3) is 0.682. The van der Waals surface area contributed by atoms with Gasteiger partial charge in [-0.2, -0.15) is 0 Å². The van der Waals surface area contributed by atoms with E-state index in [1.165, 1.54) is 16.7 Å². The molecule has 2 aliphatic heterocycles. The molecule has 2 fully saturated rings. The Morgan fingerprint density at radius 1 is 1.18 bits per heavy atom. The zero-order valence-electron chi connectivity index (χ0n) is 17.7. The Hall–Kier alpha value is -1.63. The second-order valence-corrected chi connectivity index (χ2v) is 7.85. The third-order valence-electron chi connectivity index (χ3n) is 5.75. The van der Waals surface area contributed by atoms with Crippen molar-refractivity contribution in [3.8, 4) is 0 Å². The van der Waals surface area contributed by atoms with Crippen LogP contribution in [0.5, 0.6) is 0 Å². The average Bonchev–Trinajstić information content (AvgIpc) is 3.22. The molecule has 6 nitrogen and oxygen atoms in total. The summed E-state index contributed by atoms with van der Waals surface area (Å²) in [6.45, 7) is 14.2. The second kappa shape index (κ2) is 10.8. The van der Waals surface area contributed by atoms with Crippen LogP contribution in [0.2, 0.25) is 0 Å². The van der Waals surface area contributed by atoms with Crippen molar-refractivity contribution >= 4 is 5.96 Å². The van der Waals surface area contributed by atoms with Crippen LogP contribution in [0.1, 0.15) is 30.0 Å². The summed E-state index contributed by atoms with van der Waals surface area (Å²) in [6.07, 6.45) is 1.14. The molecule has 2 heterocycles. The van der Waals surface area contributed by atoms with E-state index in [1.807, 2.05) is 0 Å². The fourth-order valence-corrected chi connectivity index (χ4v) is 4.09. The molecule has 0 aliphatic carbocycles. The molecule has 3 rings (SSSR count). The molecule has 2 saturated heterocycles. The molecule has 1 aromatic carbocycles. The van der Waals surface area contributed by atoms with Crippen molar-refractivity contribution in [1.29, 1.82) is 0 Å². The first-order valence-electron chi connectivity index (χ1n) is 10.6. The highest BCUT2D eigenvalue weighted by molar-refractivity contribution is 5.79. The first-order chi connectivity index (χ1) is 13.7. The number of aryl methyl sites for hydroxylation is 2. The average molecular weight is 389 g/mol. The van der Waals surface area contributed by atoms with Gasteiger partial charge in [0, 0.05) is 44.7 Å². The topological polar surface area (TPSA) is 58.1 Å². The molecular weight excluding hydrogens is 352 g/mol. The summed E-state index contributed by atoms with van der Waals surface area (Å²) in [5.74, 6) is 1.47. The Kier molecular flexibility index (Phi) is 8.13. The molecule has 2 atom stereocenters. The molecule has 28 heavy (non-hydrogen) atoms. The normalized spacial score (nSPS) is 22.2. The molecule has 0 aromatic heterocycles. The standard InChI is InChI=1S/C22H36N4O2/c1-4-23-22(24-14-19-6-5-17(2)13-18(19)3)25-15-21(20-7-10-28-16-20)26-8-11-27-12-9-26/h5-6,13,20-21H,4,7-12,14-16H2,1-3H3,(H2,23,24,25). The van der Waals surface area contributed by atoms with E-state index in [0.717, 1.165) is 65.0 Å². The van der Waals surface area contributed by atoms with E-state index in [2.05, 4.69) is 54.5 Å². The van der Waals surface area contributed by atoms with Crippen molar-refractivity contribution in [2.75, 3.05) is 52.6 Å². The van der Waals surface area contributed by atoms with Gasteiger partial charge in [-0.25, -0.2) is 4.99 Å². The van der Waals surface area contributed by atoms with Crippen molar-refractivity contribution < 1.29 is 9.47 Å². The van der Waals surface area contributed by atoms with Gasteiger partial charge >= 0.3 is 0 Å². The largest absolute Gasteiger partial charge is 0.381 e. The molecule has 2 N–H and O–H groups in total. The first-order valence-corrected chi connectivity index (χ1v) is 10.6. The molecule has 2 aliphatic rings. The quantitative estimate of drug-likeness (QED) is 0.553. The third-order valence-corrected chi connectivity index (χ3v) is 5.75. The Bertz CT molecular complexity index is 637. The van der Waals surface area contributed by atoms with Gasteiger partial charge in [-0.15, -0.1) is 0 Å². The lowest BCUT2D eigenvalue weighted by molar-refractivity contribution is 0.00246. The second-order valence-electron chi connectivity index (χ2n) is 7.85. The Balaban J connectivity index is 1.63. The predicted molar refractivity (Wildman–Crippen MR) is 114 cm³/mol. The van der Waals surface area contributed by atoms with Crippen LogP contribution in [0.3, 0.4) is 0 Å². The number of morpholine rings is 1. The van der Waals surface area contributed by atoms with E-state index in [1.54, 1.807) is 0 Å². The minimum Gasteiger partial charge on any atom is -0.381 e. The summed E-state index contributed by atoms with van der Waals surface area (Å²) in [7, 11) is 0. The van der Waals surface area contributed by atoms with E-state index in [9.17, 15) is 0 Å². The minimum absolute atomic E-state index is 0.455. The van der Waals surface area contributed by atoms with Gasteiger partial charge in [-0.05, 0) is 38.3 Å². The molecule has 2 unspecified atom stereocenters. The highest BCUT2D eigenvalue weighted by Crippen LogP contribution is 2.22. The maximum Gasteiger partial charge on any atom is 0.191 e. The maximum absolute atomic E-state index is 5.68. The van der Waals surface area contributed by atoms with E-state index in [4.69, 9.17) is 14.5 Å². The fourth-order valence-electron chi connectivity index (χ4n) is 4.09. The SMILES string of the molecule is CCNC(=NCc1ccc(C)cc1C)NCC(C1CCOC1)N1CCOCC1. The summed E-state index contributed by atoms with van der Waals surface area (Å²) in [5.41, 5.74) is 3.87. The molecule has 0 radical (unpaired) electrons.